The average Bonchev–Trinajstić information content (AvgIpc) is 2.92. The molecule has 5 heteroatoms. The summed E-state index contributed by atoms with van der Waals surface area (Å²) in [4.78, 5) is 11.3. The fraction of sp³-hybridized carbons (Fsp3) is 0.111. The van der Waals surface area contributed by atoms with E-state index < -0.39 is 5.97 Å². The molecular formula is C18H15ClN2O2. The number of hydrogen-bond acceptors (Lipinski definition) is 2. The van der Waals surface area contributed by atoms with Gasteiger partial charge in [-0.15, -0.1) is 0 Å². The second kappa shape index (κ2) is 5.89. The normalized spacial score (nSPS) is 10.7. The van der Waals surface area contributed by atoms with Crippen molar-refractivity contribution >= 4 is 17.6 Å². The average molecular weight is 327 g/mol. The predicted molar refractivity (Wildman–Crippen MR) is 90.4 cm³/mol. The zero-order valence-electron chi connectivity index (χ0n) is 12.7. The van der Waals surface area contributed by atoms with Gasteiger partial charge in [0.05, 0.1) is 16.4 Å². The van der Waals surface area contributed by atoms with Crippen molar-refractivity contribution in [3.8, 4) is 16.9 Å². The number of para-hydroxylation sites is 1. The van der Waals surface area contributed by atoms with E-state index in [0.29, 0.717) is 16.4 Å². The van der Waals surface area contributed by atoms with Crippen molar-refractivity contribution in [1.29, 1.82) is 0 Å². The van der Waals surface area contributed by atoms with Crippen LogP contribution < -0.4 is 0 Å². The van der Waals surface area contributed by atoms with E-state index in [9.17, 15) is 9.90 Å². The number of aromatic nitrogens is 2. The number of nitrogens with zero attached hydrogens (tertiary/aromatic N) is 2. The van der Waals surface area contributed by atoms with Gasteiger partial charge in [0.1, 0.15) is 0 Å². The largest absolute Gasteiger partial charge is 0.476 e. The number of halogens is 1. The van der Waals surface area contributed by atoms with Crippen LogP contribution in [-0.4, -0.2) is 20.9 Å². The molecule has 0 atom stereocenters. The second-order valence-corrected chi connectivity index (χ2v) is 5.81. The SMILES string of the molecule is Cc1ccc(-c2cc(C(=O)O)nn2-c2ccccc2Cl)c(C)c1. The minimum absolute atomic E-state index is 0.0140. The van der Waals surface area contributed by atoms with Gasteiger partial charge in [-0.1, -0.05) is 47.5 Å². The van der Waals surface area contributed by atoms with Crippen LogP contribution >= 0.6 is 11.6 Å². The second-order valence-electron chi connectivity index (χ2n) is 5.40. The quantitative estimate of drug-likeness (QED) is 0.770. The van der Waals surface area contributed by atoms with Gasteiger partial charge in [0, 0.05) is 5.56 Å². The van der Waals surface area contributed by atoms with Gasteiger partial charge in [-0.25, -0.2) is 9.48 Å². The van der Waals surface area contributed by atoms with E-state index >= 15 is 0 Å². The Morgan fingerprint density at radius 1 is 1.13 bits per heavy atom. The summed E-state index contributed by atoms with van der Waals surface area (Å²) in [5.74, 6) is -1.07. The van der Waals surface area contributed by atoms with Gasteiger partial charge in [-0.2, -0.15) is 5.10 Å². The molecule has 3 aromatic rings. The molecule has 0 saturated carbocycles. The van der Waals surface area contributed by atoms with Gasteiger partial charge >= 0.3 is 5.97 Å². The van der Waals surface area contributed by atoms with E-state index in [1.807, 2.05) is 44.2 Å². The maximum absolute atomic E-state index is 11.3. The molecule has 0 aliphatic rings. The highest BCUT2D eigenvalue weighted by atomic mass is 35.5. The molecule has 4 nitrogen and oxygen atoms in total. The molecule has 0 unspecified atom stereocenters. The molecular weight excluding hydrogens is 312 g/mol. The standard InChI is InChI=1S/C18H15ClN2O2/c1-11-7-8-13(12(2)9-11)17-10-15(18(22)23)20-21(17)16-6-4-3-5-14(16)19/h3-10H,1-2H3,(H,22,23). The van der Waals surface area contributed by atoms with Crippen molar-refractivity contribution in [1.82, 2.24) is 9.78 Å². The maximum atomic E-state index is 11.3. The summed E-state index contributed by atoms with van der Waals surface area (Å²) in [7, 11) is 0. The Labute approximate surface area is 139 Å². The van der Waals surface area contributed by atoms with Crippen molar-refractivity contribution in [2.24, 2.45) is 0 Å². The smallest absolute Gasteiger partial charge is 0.356 e. The van der Waals surface area contributed by atoms with E-state index in [-0.39, 0.29) is 5.69 Å². The first-order valence-electron chi connectivity index (χ1n) is 7.13. The summed E-state index contributed by atoms with van der Waals surface area (Å²) >= 11 is 6.26. The number of carboxylic acids is 1. The molecule has 1 heterocycles. The Balaban J connectivity index is 2.28. The van der Waals surface area contributed by atoms with Crippen molar-refractivity contribution in [2.45, 2.75) is 13.8 Å². The number of benzene rings is 2. The molecule has 0 aliphatic heterocycles. The number of carbonyl (C=O) groups is 1. The van der Waals surface area contributed by atoms with Gasteiger partial charge in [-0.05, 0) is 37.6 Å². The van der Waals surface area contributed by atoms with E-state index in [1.165, 1.54) is 0 Å². The first kappa shape index (κ1) is 15.3. The Morgan fingerprint density at radius 2 is 1.87 bits per heavy atom. The van der Waals surface area contributed by atoms with Gasteiger partial charge in [0.25, 0.3) is 0 Å². The summed E-state index contributed by atoms with van der Waals surface area (Å²) in [6, 6.07) is 14.8. The van der Waals surface area contributed by atoms with Crippen LogP contribution in [0.15, 0.2) is 48.5 Å². The third-order valence-electron chi connectivity index (χ3n) is 3.67. The molecule has 1 aromatic heterocycles. The van der Waals surface area contributed by atoms with Crippen molar-refractivity contribution in [3.63, 3.8) is 0 Å². The van der Waals surface area contributed by atoms with Crippen LogP contribution in [0.3, 0.4) is 0 Å². The third-order valence-corrected chi connectivity index (χ3v) is 3.99. The molecule has 0 spiro atoms. The lowest BCUT2D eigenvalue weighted by atomic mass is 10.0. The fourth-order valence-electron chi connectivity index (χ4n) is 2.59. The minimum atomic E-state index is -1.07. The molecule has 23 heavy (non-hydrogen) atoms. The van der Waals surface area contributed by atoms with Crippen LogP contribution in [0.2, 0.25) is 5.02 Å². The Hall–Kier alpha value is -2.59. The zero-order chi connectivity index (χ0) is 16.6. The van der Waals surface area contributed by atoms with Gasteiger partial charge in [-0.3, -0.25) is 0 Å². The lowest BCUT2D eigenvalue weighted by molar-refractivity contribution is 0.0690. The summed E-state index contributed by atoms with van der Waals surface area (Å²) in [6.07, 6.45) is 0. The summed E-state index contributed by atoms with van der Waals surface area (Å²) in [6.45, 7) is 4.01. The number of rotatable bonds is 3. The highest BCUT2D eigenvalue weighted by Crippen LogP contribution is 2.30. The Bertz CT molecular complexity index is 900. The first-order chi connectivity index (χ1) is 11.0. The van der Waals surface area contributed by atoms with Crippen LogP contribution in [0.1, 0.15) is 21.6 Å². The predicted octanol–water partition coefficient (Wildman–Crippen LogP) is 4.51. The van der Waals surface area contributed by atoms with E-state index in [0.717, 1.165) is 16.7 Å². The van der Waals surface area contributed by atoms with Crippen LogP contribution in [-0.2, 0) is 0 Å². The van der Waals surface area contributed by atoms with E-state index in [1.54, 1.807) is 16.8 Å². The summed E-state index contributed by atoms with van der Waals surface area (Å²) < 4.78 is 1.59. The van der Waals surface area contributed by atoms with Crippen molar-refractivity contribution < 1.29 is 9.90 Å². The Morgan fingerprint density at radius 3 is 2.52 bits per heavy atom. The third kappa shape index (κ3) is 2.85. The van der Waals surface area contributed by atoms with Crippen LogP contribution in [0.25, 0.3) is 16.9 Å². The molecule has 0 aliphatic carbocycles. The molecule has 0 fully saturated rings. The summed E-state index contributed by atoms with van der Waals surface area (Å²) in [5.41, 5.74) is 4.46. The molecule has 1 N–H and O–H groups in total. The van der Waals surface area contributed by atoms with Crippen LogP contribution in [0, 0.1) is 13.8 Å². The number of hydrogen-bond donors (Lipinski definition) is 1. The molecule has 116 valence electrons. The van der Waals surface area contributed by atoms with Gasteiger partial charge < -0.3 is 5.11 Å². The molecule has 2 aromatic carbocycles. The topological polar surface area (TPSA) is 55.1 Å². The highest BCUT2D eigenvalue weighted by molar-refractivity contribution is 6.32. The van der Waals surface area contributed by atoms with Crippen molar-refractivity contribution in [2.75, 3.05) is 0 Å². The van der Waals surface area contributed by atoms with E-state index in [2.05, 4.69) is 11.2 Å². The van der Waals surface area contributed by atoms with E-state index in [4.69, 9.17) is 11.6 Å². The highest BCUT2D eigenvalue weighted by Gasteiger charge is 2.18. The fourth-order valence-corrected chi connectivity index (χ4v) is 2.80. The minimum Gasteiger partial charge on any atom is -0.476 e. The van der Waals surface area contributed by atoms with Crippen molar-refractivity contribution in [3.05, 3.63) is 70.4 Å². The van der Waals surface area contributed by atoms with Gasteiger partial charge in [0.15, 0.2) is 5.69 Å². The number of aryl methyl sites for hydroxylation is 2. The molecule has 3 rings (SSSR count). The molecule has 0 bridgehead atoms. The first-order valence-corrected chi connectivity index (χ1v) is 7.51. The number of carboxylic acid groups (broad SMARTS) is 1. The zero-order valence-corrected chi connectivity index (χ0v) is 13.5. The lowest BCUT2D eigenvalue weighted by Crippen LogP contribution is -2.03. The molecule has 0 amide bonds. The lowest BCUT2D eigenvalue weighted by Gasteiger charge is -2.11. The Kier molecular flexibility index (Phi) is 3.92. The maximum Gasteiger partial charge on any atom is 0.356 e. The van der Waals surface area contributed by atoms with Crippen LogP contribution in [0.5, 0.6) is 0 Å². The number of aromatic carboxylic acids is 1. The molecule has 0 saturated heterocycles. The monoisotopic (exact) mass is 326 g/mol. The summed E-state index contributed by atoms with van der Waals surface area (Å²) in [5, 5.41) is 14.0. The molecule has 0 radical (unpaired) electrons. The van der Waals surface area contributed by atoms with Gasteiger partial charge in [0.2, 0.25) is 0 Å². The van der Waals surface area contributed by atoms with Crippen LogP contribution in [0.4, 0.5) is 0 Å².